The van der Waals surface area contributed by atoms with Gasteiger partial charge in [0.25, 0.3) is 5.91 Å². The Hall–Kier alpha value is -2.29. The maximum absolute atomic E-state index is 13.0. The van der Waals surface area contributed by atoms with Crippen molar-refractivity contribution >= 4 is 11.6 Å². The van der Waals surface area contributed by atoms with Gasteiger partial charge in [-0.1, -0.05) is 31.2 Å². The third-order valence-corrected chi connectivity index (χ3v) is 4.78. The van der Waals surface area contributed by atoms with E-state index in [1.165, 1.54) is 16.7 Å². The van der Waals surface area contributed by atoms with Crippen molar-refractivity contribution in [3.63, 3.8) is 0 Å². The number of benzene rings is 2. The number of ether oxygens (including phenoxy) is 1. The first-order chi connectivity index (χ1) is 11.6. The molecule has 1 amide bonds. The predicted molar refractivity (Wildman–Crippen MR) is 97.7 cm³/mol. The van der Waals surface area contributed by atoms with Crippen LogP contribution in [0.5, 0.6) is 5.75 Å². The van der Waals surface area contributed by atoms with E-state index < -0.39 is 6.10 Å². The van der Waals surface area contributed by atoms with Gasteiger partial charge in [-0.2, -0.15) is 0 Å². The monoisotopic (exact) mass is 323 g/mol. The first-order valence-corrected chi connectivity index (χ1v) is 8.73. The third kappa shape index (κ3) is 3.30. The summed E-state index contributed by atoms with van der Waals surface area (Å²) in [5, 5.41) is 0. The lowest BCUT2D eigenvalue weighted by molar-refractivity contribution is -0.125. The number of amides is 1. The molecule has 2 aromatic carbocycles. The van der Waals surface area contributed by atoms with E-state index in [-0.39, 0.29) is 5.91 Å². The average molecular weight is 323 g/mol. The number of carbonyl (C=O) groups excluding carboxylic acids is 1. The lowest BCUT2D eigenvalue weighted by Crippen LogP contribution is -2.44. The van der Waals surface area contributed by atoms with Crippen LogP contribution in [-0.2, 0) is 11.2 Å². The largest absolute Gasteiger partial charge is 0.481 e. The van der Waals surface area contributed by atoms with Crippen molar-refractivity contribution < 1.29 is 9.53 Å². The Balaban J connectivity index is 1.81. The predicted octanol–water partition coefficient (Wildman–Crippen LogP) is 4.44. The zero-order chi connectivity index (χ0) is 17.1. The van der Waals surface area contributed by atoms with Gasteiger partial charge in [-0.3, -0.25) is 4.79 Å². The smallest absolute Gasteiger partial charge is 0.268 e. The van der Waals surface area contributed by atoms with Crippen molar-refractivity contribution in [3.05, 3.63) is 59.2 Å². The van der Waals surface area contributed by atoms with Crippen LogP contribution in [0.1, 0.15) is 36.5 Å². The van der Waals surface area contributed by atoms with E-state index in [0.717, 1.165) is 30.8 Å². The van der Waals surface area contributed by atoms with Gasteiger partial charge in [-0.25, -0.2) is 0 Å². The van der Waals surface area contributed by atoms with Crippen LogP contribution in [0, 0.1) is 13.8 Å². The summed E-state index contributed by atoms with van der Waals surface area (Å²) in [7, 11) is 0. The second-order valence-corrected chi connectivity index (χ2v) is 6.48. The molecule has 0 spiro atoms. The van der Waals surface area contributed by atoms with Crippen LogP contribution in [0.3, 0.4) is 0 Å². The summed E-state index contributed by atoms with van der Waals surface area (Å²) in [5.74, 6) is 0.825. The maximum atomic E-state index is 13.0. The summed E-state index contributed by atoms with van der Waals surface area (Å²) in [6.45, 7) is 6.90. The SMILES string of the molecule is CCC(Oc1ccc(C)c(C)c1)C(=O)N1CCCc2ccccc21. The number of hydrogen-bond acceptors (Lipinski definition) is 2. The van der Waals surface area contributed by atoms with Gasteiger partial charge in [-0.15, -0.1) is 0 Å². The summed E-state index contributed by atoms with van der Waals surface area (Å²) in [4.78, 5) is 14.9. The highest BCUT2D eigenvalue weighted by Crippen LogP contribution is 2.28. The molecule has 24 heavy (non-hydrogen) atoms. The molecule has 0 aliphatic carbocycles. The van der Waals surface area contributed by atoms with Crippen molar-refractivity contribution in [1.82, 2.24) is 0 Å². The van der Waals surface area contributed by atoms with Gasteiger partial charge in [0.2, 0.25) is 0 Å². The molecule has 1 aliphatic rings. The van der Waals surface area contributed by atoms with Gasteiger partial charge >= 0.3 is 0 Å². The normalized spacial score (nSPS) is 14.9. The Kier molecular flexibility index (Phi) is 4.89. The second kappa shape index (κ2) is 7.08. The molecule has 0 saturated carbocycles. The third-order valence-electron chi connectivity index (χ3n) is 4.78. The molecule has 0 bridgehead atoms. The minimum Gasteiger partial charge on any atom is -0.481 e. The van der Waals surface area contributed by atoms with Crippen molar-refractivity contribution in [1.29, 1.82) is 0 Å². The molecule has 1 aliphatic heterocycles. The van der Waals surface area contributed by atoms with Crippen LogP contribution < -0.4 is 9.64 Å². The van der Waals surface area contributed by atoms with Gasteiger partial charge in [0.15, 0.2) is 6.10 Å². The topological polar surface area (TPSA) is 29.5 Å². The van der Waals surface area contributed by atoms with E-state index in [4.69, 9.17) is 4.74 Å². The number of rotatable bonds is 4. The van der Waals surface area contributed by atoms with Crippen molar-refractivity contribution in [2.24, 2.45) is 0 Å². The molecule has 0 N–H and O–H groups in total. The molecule has 3 nitrogen and oxygen atoms in total. The van der Waals surface area contributed by atoms with Crippen molar-refractivity contribution in [3.8, 4) is 5.75 Å². The Labute approximate surface area is 144 Å². The molecule has 3 heteroatoms. The fourth-order valence-corrected chi connectivity index (χ4v) is 3.20. The molecule has 0 saturated heterocycles. The van der Waals surface area contributed by atoms with Crippen molar-refractivity contribution in [2.75, 3.05) is 11.4 Å². The summed E-state index contributed by atoms with van der Waals surface area (Å²) in [5.41, 5.74) is 4.69. The first kappa shape index (κ1) is 16.6. The Morgan fingerprint density at radius 1 is 1.17 bits per heavy atom. The van der Waals surface area contributed by atoms with E-state index in [2.05, 4.69) is 19.9 Å². The zero-order valence-electron chi connectivity index (χ0n) is 14.7. The van der Waals surface area contributed by atoms with Crippen LogP contribution in [0.2, 0.25) is 0 Å². The molecule has 3 rings (SSSR count). The maximum Gasteiger partial charge on any atom is 0.268 e. The van der Waals surface area contributed by atoms with Crippen LogP contribution in [0.25, 0.3) is 0 Å². The number of para-hydroxylation sites is 1. The summed E-state index contributed by atoms with van der Waals surface area (Å²) in [6.07, 6.45) is 2.25. The highest BCUT2D eigenvalue weighted by Gasteiger charge is 2.29. The zero-order valence-corrected chi connectivity index (χ0v) is 14.7. The Morgan fingerprint density at radius 3 is 2.71 bits per heavy atom. The van der Waals surface area contributed by atoms with Gasteiger partial charge in [0, 0.05) is 12.2 Å². The second-order valence-electron chi connectivity index (χ2n) is 6.48. The molecule has 1 atom stereocenters. The first-order valence-electron chi connectivity index (χ1n) is 8.73. The number of carbonyl (C=O) groups is 1. The van der Waals surface area contributed by atoms with E-state index in [1.807, 2.05) is 48.2 Å². The standard InChI is InChI=1S/C21H25NO2/c1-4-20(24-18-12-11-15(2)16(3)14-18)21(23)22-13-7-9-17-8-5-6-10-19(17)22/h5-6,8,10-12,14,20H,4,7,9,13H2,1-3H3. The van der Waals surface area contributed by atoms with Gasteiger partial charge in [0.05, 0.1) is 0 Å². The van der Waals surface area contributed by atoms with E-state index in [9.17, 15) is 4.79 Å². The number of fused-ring (bicyclic) bond motifs is 1. The fraction of sp³-hybridized carbons (Fsp3) is 0.381. The molecule has 0 radical (unpaired) electrons. The summed E-state index contributed by atoms with van der Waals surface area (Å²) >= 11 is 0. The number of aryl methyl sites for hydroxylation is 3. The quantitative estimate of drug-likeness (QED) is 0.832. The summed E-state index contributed by atoms with van der Waals surface area (Å²) < 4.78 is 6.04. The number of nitrogens with zero attached hydrogens (tertiary/aromatic N) is 1. The van der Waals surface area contributed by atoms with Crippen LogP contribution >= 0.6 is 0 Å². The minimum absolute atomic E-state index is 0.0582. The van der Waals surface area contributed by atoms with Crippen molar-refractivity contribution in [2.45, 2.75) is 46.1 Å². The van der Waals surface area contributed by atoms with Crippen LogP contribution in [0.15, 0.2) is 42.5 Å². The molecule has 126 valence electrons. The van der Waals surface area contributed by atoms with Gasteiger partial charge in [-0.05, 0) is 68.0 Å². The number of anilines is 1. The van der Waals surface area contributed by atoms with E-state index in [0.29, 0.717) is 6.42 Å². The Morgan fingerprint density at radius 2 is 1.96 bits per heavy atom. The number of hydrogen-bond donors (Lipinski definition) is 0. The Bertz CT molecular complexity index is 738. The fourth-order valence-electron chi connectivity index (χ4n) is 3.20. The molecule has 0 aromatic heterocycles. The molecular weight excluding hydrogens is 298 g/mol. The van der Waals surface area contributed by atoms with Crippen LogP contribution in [0.4, 0.5) is 5.69 Å². The molecule has 1 heterocycles. The molecule has 1 unspecified atom stereocenters. The highest BCUT2D eigenvalue weighted by molar-refractivity contribution is 5.97. The molecule has 2 aromatic rings. The lowest BCUT2D eigenvalue weighted by atomic mass is 10.0. The van der Waals surface area contributed by atoms with E-state index >= 15 is 0 Å². The highest BCUT2D eigenvalue weighted by atomic mass is 16.5. The molecular formula is C21H25NO2. The summed E-state index contributed by atoms with van der Waals surface area (Å²) in [6, 6.07) is 14.2. The molecule has 0 fully saturated rings. The van der Waals surface area contributed by atoms with Gasteiger partial charge < -0.3 is 9.64 Å². The minimum atomic E-state index is -0.446. The average Bonchev–Trinajstić information content (AvgIpc) is 2.61. The van der Waals surface area contributed by atoms with Crippen LogP contribution in [-0.4, -0.2) is 18.6 Å². The lowest BCUT2D eigenvalue weighted by Gasteiger charge is -2.32. The van der Waals surface area contributed by atoms with Gasteiger partial charge in [0.1, 0.15) is 5.75 Å². The van der Waals surface area contributed by atoms with E-state index in [1.54, 1.807) is 0 Å².